The fraction of sp³-hybridized carbons (Fsp3) is 0.409. The van der Waals surface area contributed by atoms with E-state index < -0.39 is 10.0 Å². The van der Waals surface area contributed by atoms with Crippen LogP contribution in [0, 0.1) is 0 Å². The fourth-order valence-electron chi connectivity index (χ4n) is 3.95. The first-order chi connectivity index (χ1) is 15.9. The Morgan fingerprint density at radius 2 is 1.94 bits per heavy atom. The molecular weight excluding hydrogens is 462 g/mol. The highest BCUT2D eigenvalue weighted by molar-refractivity contribution is 7.89. The first-order valence-corrected chi connectivity index (χ1v) is 13.3. The van der Waals surface area contributed by atoms with Gasteiger partial charge in [-0.3, -0.25) is 20.4 Å². The number of aromatic nitrogens is 2. The normalized spacial score (nSPS) is 14.6. The third-order valence-electron chi connectivity index (χ3n) is 5.58. The van der Waals surface area contributed by atoms with Crippen molar-refractivity contribution in [3.05, 3.63) is 46.4 Å². The Hall–Kier alpha value is -2.76. The molecule has 0 saturated carbocycles. The van der Waals surface area contributed by atoms with Gasteiger partial charge in [-0.1, -0.05) is 13.0 Å². The molecule has 1 aliphatic rings. The number of rotatable bonds is 8. The lowest BCUT2D eigenvalue weighted by molar-refractivity contribution is -0.121. The van der Waals surface area contributed by atoms with Gasteiger partial charge in [-0.2, -0.15) is 4.31 Å². The maximum absolute atomic E-state index is 12.9. The van der Waals surface area contributed by atoms with Gasteiger partial charge in [-0.15, -0.1) is 11.3 Å². The van der Waals surface area contributed by atoms with Gasteiger partial charge in [0, 0.05) is 32.5 Å². The van der Waals surface area contributed by atoms with Crippen molar-refractivity contribution >= 4 is 44.2 Å². The molecule has 0 atom stereocenters. The van der Waals surface area contributed by atoms with Crippen LogP contribution in [0.4, 0.5) is 0 Å². The quantitative estimate of drug-likeness (QED) is 0.473. The number of fused-ring (bicyclic) bond motifs is 1. The van der Waals surface area contributed by atoms with Crippen molar-refractivity contribution in [3.63, 3.8) is 0 Å². The zero-order chi connectivity index (χ0) is 23.4. The number of hydrazine groups is 1. The predicted octanol–water partition coefficient (Wildman–Crippen LogP) is 2.69. The fourth-order valence-corrected chi connectivity index (χ4v) is 6.10. The molecule has 1 aromatic carbocycles. The van der Waals surface area contributed by atoms with Crippen molar-refractivity contribution in [1.82, 2.24) is 24.7 Å². The van der Waals surface area contributed by atoms with E-state index in [9.17, 15) is 18.0 Å². The molecule has 0 bridgehead atoms. The average Bonchev–Trinajstić information content (AvgIpc) is 3.57. The third kappa shape index (κ3) is 5.10. The second kappa shape index (κ2) is 10.0. The summed E-state index contributed by atoms with van der Waals surface area (Å²) in [6, 6.07) is 8.50. The highest BCUT2D eigenvalue weighted by Crippen LogP contribution is 2.25. The molecule has 2 amide bonds. The SMILES string of the molecule is CCCn1c(CCC(=O)NNC(=O)c2cccs2)nc2cc(S(=O)(=O)N3CCCC3)ccc21. The van der Waals surface area contributed by atoms with E-state index in [1.54, 1.807) is 35.7 Å². The Kier molecular flexibility index (Phi) is 7.11. The molecule has 9 nitrogen and oxygen atoms in total. The first-order valence-electron chi connectivity index (χ1n) is 11.0. The van der Waals surface area contributed by atoms with Crippen LogP contribution in [-0.2, 0) is 27.8 Å². The lowest BCUT2D eigenvalue weighted by atomic mass is 10.2. The Bertz CT molecular complexity index is 1250. The van der Waals surface area contributed by atoms with E-state index in [1.165, 1.54) is 15.6 Å². The summed E-state index contributed by atoms with van der Waals surface area (Å²) in [5.41, 5.74) is 6.29. The van der Waals surface area contributed by atoms with Crippen molar-refractivity contribution in [3.8, 4) is 0 Å². The Morgan fingerprint density at radius 1 is 1.15 bits per heavy atom. The maximum Gasteiger partial charge on any atom is 0.279 e. The molecule has 3 aromatic rings. The molecule has 176 valence electrons. The Morgan fingerprint density at radius 3 is 2.64 bits per heavy atom. The summed E-state index contributed by atoms with van der Waals surface area (Å²) in [5.74, 6) is 0.0259. The van der Waals surface area contributed by atoms with Crippen molar-refractivity contribution in [2.24, 2.45) is 0 Å². The smallest absolute Gasteiger partial charge is 0.279 e. The highest BCUT2D eigenvalue weighted by atomic mass is 32.2. The van der Waals surface area contributed by atoms with Gasteiger partial charge in [0.2, 0.25) is 15.9 Å². The molecule has 1 aliphatic heterocycles. The third-order valence-corrected chi connectivity index (χ3v) is 8.35. The van der Waals surface area contributed by atoms with Crippen LogP contribution in [0.25, 0.3) is 11.0 Å². The number of aryl methyl sites for hydroxylation is 2. The van der Waals surface area contributed by atoms with Gasteiger partial charge in [0.15, 0.2) is 0 Å². The zero-order valence-electron chi connectivity index (χ0n) is 18.4. The largest absolute Gasteiger partial charge is 0.328 e. The number of carbonyl (C=O) groups is 2. The summed E-state index contributed by atoms with van der Waals surface area (Å²) < 4.78 is 29.4. The van der Waals surface area contributed by atoms with Crippen LogP contribution in [0.15, 0.2) is 40.6 Å². The number of nitrogens with one attached hydrogen (secondary N) is 2. The van der Waals surface area contributed by atoms with Gasteiger partial charge in [-0.25, -0.2) is 13.4 Å². The molecule has 1 saturated heterocycles. The summed E-state index contributed by atoms with van der Waals surface area (Å²) >= 11 is 1.29. The Balaban J connectivity index is 1.47. The first kappa shape index (κ1) is 23.4. The molecular formula is C22H27N5O4S2. The van der Waals surface area contributed by atoms with E-state index in [1.807, 2.05) is 4.57 Å². The van der Waals surface area contributed by atoms with Crippen LogP contribution < -0.4 is 10.9 Å². The van der Waals surface area contributed by atoms with Crippen LogP contribution in [0.1, 0.15) is 48.1 Å². The van der Waals surface area contributed by atoms with Crippen molar-refractivity contribution < 1.29 is 18.0 Å². The average molecular weight is 490 g/mol. The Labute approximate surface area is 196 Å². The number of nitrogens with zero attached hydrogens (tertiary/aromatic N) is 3. The number of thiophene rings is 1. The van der Waals surface area contributed by atoms with E-state index in [4.69, 9.17) is 0 Å². The minimum absolute atomic E-state index is 0.136. The second-order valence-corrected chi connectivity index (χ2v) is 10.8. The van der Waals surface area contributed by atoms with Crippen LogP contribution in [0.2, 0.25) is 0 Å². The van der Waals surface area contributed by atoms with Crippen molar-refractivity contribution in [1.29, 1.82) is 0 Å². The maximum atomic E-state index is 12.9. The van der Waals surface area contributed by atoms with E-state index in [0.717, 1.165) is 24.8 Å². The topological polar surface area (TPSA) is 113 Å². The van der Waals surface area contributed by atoms with Gasteiger partial charge in [0.05, 0.1) is 20.8 Å². The molecule has 3 heterocycles. The van der Waals surface area contributed by atoms with E-state index in [-0.39, 0.29) is 23.1 Å². The molecule has 0 unspecified atom stereocenters. The minimum Gasteiger partial charge on any atom is -0.328 e. The van der Waals surface area contributed by atoms with Gasteiger partial charge in [-0.05, 0) is 48.9 Å². The summed E-state index contributed by atoms with van der Waals surface area (Å²) in [4.78, 5) is 29.6. The van der Waals surface area contributed by atoms with Crippen LogP contribution in [0.3, 0.4) is 0 Å². The molecule has 0 aliphatic carbocycles. The predicted molar refractivity (Wildman–Crippen MR) is 126 cm³/mol. The van der Waals surface area contributed by atoms with Gasteiger partial charge in [0.25, 0.3) is 5.91 Å². The zero-order valence-corrected chi connectivity index (χ0v) is 20.0. The van der Waals surface area contributed by atoms with Crippen LogP contribution in [0.5, 0.6) is 0 Å². The molecule has 2 aromatic heterocycles. The molecule has 2 N–H and O–H groups in total. The molecule has 1 fully saturated rings. The number of imidazole rings is 1. The molecule has 0 radical (unpaired) electrons. The highest BCUT2D eigenvalue weighted by Gasteiger charge is 2.28. The summed E-state index contributed by atoms with van der Waals surface area (Å²) in [6.07, 6.45) is 3.13. The van der Waals surface area contributed by atoms with E-state index >= 15 is 0 Å². The molecule has 11 heteroatoms. The molecule has 33 heavy (non-hydrogen) atoms. The standard InChI is InChI=1S/C22H27N5O4S2/c1-2-11-27-18-8-7-16(33(30,31)26-12-3-4-13-26)15-17(18)23-20(27)9-10-21(28)24-25-22(29)19-6-5-14-32-19/h5-8,14-15H,2-4,9-13H2,1H3,(H,24,28)(H,25,29). The van der Waals surface area contributed by atoms with Crippen LogP contribution in [-0.4, -0.2) is 47.2 Å². The van der Waals surface area contributed by atoms with Gasteiger partial charge >= 0.3 is 0 Å². The number of hydrogen-bond donors (Lipinski definition) is 2. The number of sulfonamides is 1. The van der Waals surface area contributed by atoms with Crippen molar-refractivity contribution in [2.45, 2.75) is 50.5 Å². The summed E-state index contributed by atoms with van der Waals surface area (Å²) in [6.45, 7) is 3.86. The van der Waals surface area contributed by atoms with Crippen LogP contribution >= 0.6 is 11.3 Å². The second-order valence-electron chi connectivity index (χ2n) is 7.92. The lowest BCUT2D eigenvalue weighted by Crippen LogP contribution is -2.41. The summed E-state index contributed by atoms with van der Waals surface area (Å²) in [7, 11) is -3.53. The molecule has 4 rings (SSSR count). The number of carbonyl (C=O) groups excluding carboxylic acids is 2. The van der Waals surface area contributed by atoms with Gasteiger partial charge < -0.3 is 4.57 Å². The van der Waals surface area contributed by atoms with E-state index in [0.29, 0.717) is 42.3 Å². The molecule has 0 spiro atoms. The monoisotopic (exact) mass is 489 g/mol. The van der Waals surface area contributed by atoms with E-state index in [2.05, 4.69) is 22.8 Å². The minimum atomic E-state index is -3.53. The number of hydrogen-bond acceptors (Lipinski definition) is 6. The number of benzene rings is 1. The van der Waals surface area contributed by atoms with Gasteiger partial charge in [0.1, 0.15) is 5.82 Å². The number of amides is 2. The lowest BCUT2D eigenvalue weighted by Gasteiger charge is -2.15. The summed E-state index contributed by atoms with van der Waals surface area (Å²) in [5, 5.41) is 1.79. The van der Waals surface area contributed by atoms with Crippen molar-refractivity contribution in [2.75, 3.05) is 13.1 Å².